The molecular formula is C15H18ClN3O4. The van der Waals surface area contributed by atoms with Crippen LogP contribution in [0.2, 0.25) is 0 Å². The summed E-state index contributed by atoms with van der Waals surface area (Å²) in [5.41, 5.74) is 1.11. The fourth-order valence-electron chi connectivity index (χ4n) is 3.16. The second-order valence-corrected chi connectivity index (χ2v) is 5.80. The van der Waals surface area contributed by atoms with E-state index in [9.17, 15) is 14.9 Å². The summed E-state index contributed by atoms with van der Waals surface area (Å²) in [6.45, 7) is 0. The lowest BCUT2D eigenvalue weighted by Crippen LogP contribution is -2.40. The monoisotopic (exact) mass is 339 g/mol. The zero-order valence-corrected chi connectivity index (χ0v) is 13.5. The molecule has 2 saturated heterocycles. The maximum absolute atomic E-state index is 11.9. The lowest BCUT2D eigenvalue weighted by molar-refractivity contribution is -0.384. The Balaban J connectivity index is 0.00000192. The van der Waals surface area contributed by atoms with Crippen LogP contribution >= 0.6 is 12.4 Å². The number of nitro groups is 1. The molecule has 0 spiro atoms. The van der Waals surface area contributed by atoms with Crippen LogP contribution in [0.3, 0.4) is 0 Å². The quantitative estimate of drug-likeness (QED) is 0.480. The van der Waals surface area contributed by atoms with E-state index in [4.69, 9.17) is 4.84 Å². The molecule has 2 fully saturated rings. The van der Waals surface area contributed by atoms with Crippen molar-refractivity contribution in [3.63, 3.8) is 0 Å². The number of carbonyl (C=O) groups excluding carboxylic acids is 1. The van der Waals surface area contributed by atoms with Gasteiger partial charge in [-0.15, -0.1) is 12.4 Å². The van der Waals surface area contributed by atoms with Gasteiger partial charge in [0.2, 0.25) is 0 Å². The molecule has 2 aliphatic rings. The van der Waals surface area contributed by atoms with Gasteiger partial charge in [0.25, 0.3) is 5.69 Å². The van der Waals surface area contributed by atoms with Crippen molar-refractivity contribution < 1.29 is 14.6 Å². The molecule has 2 aliphatic heterocycles. The lowest BCUT2D eigenvalue weighted by atomic mass is 10.0. The van der Waals surface area contributed by atoms with Gasteiger partial charge in [-0.25, -0.2) is 4.79 Å². The number of hydrogen-bond donors (Lipinski definition) is 0. The molecule has 0 aliphatic carbocycles. The highest BCUT2D eigenvalue weighted by atomic mass is 35.5. The fraction of sp³-hybridized carbons (Fsp3) is 0.467. The third-order valence-electron chi connectivity index (χ3n) is 4.50. The molecule has 2 atom stereocenters. The summed E-state index contributed by atoms with van der Waals surface area (Å²) < 4.78 is 0. The lowest BCUT2D eigenvalue weighted by Gasteiger charge is -2.31. The average Bonchev–Trinajstić information content (AvgIpc) is 2.75. The van der Waals surface area contributed by atoms with Crippen LogP contribution in [-0.2, 0) is 4.84 Å². The van der Waals surface area contributed by atoms with Crippen molar-refractivity contribution in [2.75, 3.05) is 7.05 Å². The van der Waals surface area contributed by atoms with E-state index in [0.29, 0.717) is 12.1 Å². The standard InChI is InChI=1S/C15H17N3O4.ClH/c1-17-13-6-7-14(17)9-11(8-13)16-22-15(19)10-2-4-12(5-3-10)18(20)21;/h2-5,13-14H,6-9H2,1H3;1H. The van der Waals surface area contributed by atoms with Crippen molar-refractivity contribution in [1.29, 1.82) is 0 Å². The smallest absolute Gasteiger partial charge is 0.313 e. The van der Waals surface area contributed by atoms with Gasteiger partial charge in [-0.2, -0.15) is 0 Å². The minimum Gasteiger partial charge on any atom is -0.313 e. The van der Waals surface area contributed by atoms with Crippen molar-refractivity contribution in [1.82, 2.24) is 4.90 Å². The molecule has 7 nitrogen and oxygen atoms in total. The van der Waals surface area contributed by atoms with E-state index in [1.165, 1.54) is 24.3 Å². The van der Waals surface area contributed by atoms with Crippen molar-refractivity contribution in [3.05, 3.63) is 39.9 Å². The second kappa shape index (κ2) is 7.06. The highest BCUT2D eigenvalue weighted by molar-refractivity contribution is 5.91. The summed E-state index contributed by atoms with van der Waals surface area (Å²) in [7, 11) is 2.13. The van der Waals surface area contributed by atoms with E-state index in [0.717, 1.165) is 31.4 Å². The number of non-ortho nitro benzene ring substituents is 1. The van der Waals surface area contributed by atoms with Gasteiger partial charge in [-0.3, -0.25) is 15.0 Å². The van der Waals surface area contributed by atoms with Crippen molar-refractivity contribution in [2.45, 2.75) is 37.8 Å². The number of halogens is 1. The van der Waals surface area contributed by atoms with Crippen LogP contribution in [0.1, 0.15) is 36.0 Å². The molecule has 3 rings (SSSR count). The van der Waals surface area contributed by atoms with Crippen molar-refractivity contribution in [3.8, 4) is 0 Å². The van der Waals surface area contributed by atoms with Gasteiger partial charge < -0.3 is 4.84 Å². The van der Waals surface area contributed by atoms with Gasteiger partial charge in [0.1, 0.15) is 0 Å². The predicted molar refractivity (Wildman–Crippen MR) is 87.0 cm³/mol. The number of carbonyl (C=O) groups is 1. The van der Waals surface area contributed by atoms with Crippen LogP contribution in [0.4, 0.5) is 5.69 Å². The van der Waals surface area contributed by atoms with Gasteiger partial charge in [0.15, 0.2) is 0 Å². The Kier molecular flexibility index (Phi) is 5.33. The number of rotatable bonds is 3. The Labute approximate surface area is 139 Å². The number of oxime groups is 1. The Morgan fingerprint density at radius 2 is 1.83 bits per heavy atom. The third kappa shape index (κ3) is 3.68. The van der Waals surface area contributed by atoms with E-state index in [1.807, 2.05) is 0 Å². The molecule has 0 aromatic heterocycles. The first-order valence-electron chi connectivity index (χ1n) is 7.28. The van der Waals surface area contributed by atoms with E-state index in [1.54, 1.807) is 0 Å². The summed E-state index contributed by atoms with van der Waals surface area (Å²) in [5.74, 6) is -0.589. The molecule has 0 N–H and O–H groups in total. The third-order valence-corrected chi connectivity index (χ3v) is 4.50. The molecule has 124 valence electrons. The first kappa shape index (κ1) is 17.4. The number of nitrogens with zero attached hydrogens (tertiary/aromatic N) is 3. The van der Waals surface area contributed by atoms with Gasteiger partial charge in [0, 0.05) is 37.1 Å². The number of nitro benzene ring substituents is 1. The minimum atomic E-state index is -0.589. The van der Waals surface area contributed by atoms with Crippen LogP contribution in [0.25, 0.3) is 0 Å². The Hall–Kier alpha value is -1.99. The summed E-state index contributed by atoms with van der Waals surface area (Å²) in [6, 6.07) is 6.29. The summed E-state index contributed by atoms with van der Waals surface area (Å²) >= 11 is 0. The predicted octanol–water partition coefficient (Wildman–Crippen LogP) is 2.79. The van der Waals surface area contributed by atoms with Crippen LogP contribution in [0.15, 0.2) is 29.4 Å². The largest absolute Gasteiger partial charge is 0.365 e. The molecule has 23 heavy (non-hydrogen) atoms. The minimum absolute atomic E-state index is 0. The maximum Gasteiger partial charge on any atom is 0.365 e. The number of benzene rings is 1. The molecule has 0 amide bonds. The van der Waals surface area contributed by atoms with E-state index in [2.05, 4.69) is 17.1 Å². The number of piperidine rings is 1. The van der Waals surface area contributed by atoms with Gasteiger partial charge in [-0.05, 0) is 32.0 Å². The molecular weight excluding hydrogens is 322 g/mol. The zero-order valence-electron chi connectivity index (χ0n) is 12.7. The Bertz CT molecular complexity index is 616. The first-order valence-corrected chi connectivity index (χ1v) is 7.28. The highest BCUT2D eigenvalue weighted by Gasteiger charge is 2.37. The number of hydrogen-bond acceptors (Lipinski definition) is 6. The van der Waals surface area contributed by atoms with E-state index < -0.39 is 10.9 Å². The van der Waals surface area contributed by atoms with E-state index >= 15 is 0 Å². The van der Waals surface area contributed by atoms with Gasteiger partial charge in [-0.1, -0.05) is 5.16 Å². The van der Waals surface area contributed by atoms with Gasteiger partial charge in [0.05, 0.1) is 16.2 Å². The maximum atomic E-state index is 11.9. The first-order chi connectivity index (χ1) is 10.5. The van der Waals surface area contributed by atoms with Crippen molar-refractivity contribution in [2.24, 2.45) is 5.16 Å². The second-order valence-electron chi connectivity index (χ2n) is 5.80. The highest BCUT2D eigenvalue weighted by Crippen LogP contribution is 2.32. The molecule has 1 aromatic carbocycles. The SMILES string of the molecule is CN1C2CCC1CC(=NOC(=O)c1ccc([N+](=O)[O-])cc1)C2.Cl. The number of fused-ring (bicyclic) bond motifs is 2. The van der Waals surface area contributed by atoms with Crippen LogP contribution in [0, 0.1) is 10.1 Å². The summed E-state index contributed by atoms with van der Waals surface area (Å²) in [5, 5.41) is 14.6. The van der Waals surface area contributed by atoms with Gasteiger partial charge >= 0.3 is 5.97 Å². The van der Waals surface area contributed by atoms with Crippen molar-refractivity contribution >= 4 is 29.8 Å². The molecule has 8 heteroatoms. The summed E-state index contributed by atoms with van der Waals surface area (Å²) in [6.07, 6.45) is 3.99. The molecule has 2 unspecified atom stereocenters. The molecule has 2 bridgehead atoms. The van der Waals surface area contributed by atoms with E-state index in [-0.39, 0.29) is 23.7 Å². The molecule has 2 heterocycles. The topological polar surface area (TPSA) is 85.0 Å². The average molecular weight is 340 g/mol. The zero-order chi connectivity index (χ0) is 15.7. The van der Waals surface area contributed by atoms with Crippen LogP contribution < -0.4 is 0 Å². The van der Waals surface area contributed by atoms with Crippen LogP contribution in [-0.4, -0.2) is 40.6 Å². The Morgan fingerprint density at radius 3 is 2.35 bits per heavy atom. The molecule has 0 radical (unpaired) electrons. The fourth-order valence-corrected chi connectivity index (χ4v) is 3.16. The molecule has 0 saturated carbocycles. The normalized spacial score (nSPS) is 23.1. The summed E-state index contributed by atoms with van der Waals surface area (Å²) in [4.78, 5) is 29.3. The Morgan fingerprint density at radius 1 is 1.26 bits per heavy atom. The molecule has 1 aromatic rings. The van der Waals surface area contributed by atoms with Crippen LogP contribution in [0.5, 0.6) is 0 Å².